The number of nitrogens with zero attached hydrogens (tertiary/aromatic N) is 1. The van der Waals surface area contributed by atoms with Crippen LogP contribution < -0.4 is 0 Å². The van der Waals surface area contributed by atoms with Crippen molar-refractivity contribution in [2.45, 2.75) is 37.2 Å². The van der Waals surface area contributed by atoms with Gasteiger partial charge >= 0.3 is 5.97 Å². The zero-order chi connectivity index (χ0) is 15.8. The Kier molecular flexibility index (Phi) is 4.20. The smallest absolute Gasteiger partial charge is 0.338 e. The predicted molar refractivity (Wildman–Crippen MR) is 73.9 cm³/mol. The maximum atomic E-state index is 12.0. The van der Waals surface area contributed by atoms with Gasteiger partial charge in [-0.2, -0.15) is 0 Å². The number of nitro benzene ring substituents is 1. The number of hydrogen-bond donors (Lipinski definition) is 0. The first-order valence-electron chi connectivity index (χ1n) is 6.15. The second kappa shape index (κ2) is 5.61. The van der Waals surface area contributed by atoms with Crippen molar-refractivity contribution in [1.29, 1.82) is 0 Å². The topological polar surface area (TPSA) is 104 Å². The van der Waals surface area contributed by atoms with E-state index in [9.17, 15) is 23.3 Å². The van der Waals surface area contributed by atoms with Crippen molar-refractivity contribution in [2.75, 3.05) is 0 Å². The summed E-state index contributed by atoms with van der Waals surface area (Å²) in [6.07, 6.45) is 2.21. The lowest BCUT2D eigenvalue weighted by atomic mass is 9.96. The molecule has 0 amide bonds. The van der Waals surface area contributed by atoms with Gasteiger partial charge in [0.05, 0.1) is 15.4 Å². The molecule has 0 unspecified atom stereocenters. The molecule has 0 spiro atoms. The maximum Gasteiger partial charge on any atom is 0.338 e. The van der Waals surface area contributed by atoms with Crippen LogP contribution in [-0.4, -0.2) is 25.4 Å². The second-order valence-electron chi connectivity index (χ2n) is 4.77. The summed E-state index contributed by atoms with van der Waals surface area (Å²) >= 11 is 0. The lowest BCUT2D eigenvalue weighted by molar-refractivity contribution is -0.385. The van der Waals surface area contributed by atoms with E-state index < -0.39 is 30.5 Å². The minimum atomic E-state index is -4.21. The first-order chi connectivity index (χ1) is 9.70. The molecule has 0 bridgehead atoms. The summed E-state index contributed by atoms with van der Waals surface area (Å²) in [5.74, 6) is -0.775. The van der Waals surface area contributed by atoms with Gasteiger partial charge in [0.25, 0.3) is 14.7 Å². The Balaban J connectivity index is 2.50. The van der Waals surface area contributed by atoms with Crippen molar-refractivity contribution in [2.24, 2.45) is 0 Å². The molecule has 7 nitrogen and oxygen atoms in total. The molecule has 0 N–H and O–H groups in total. The Morgan fingerprint density at radius 2 is 2.05 bits per heavy atom. The first-order valence-corrected chi connectivity index (χ1v) is 8.46. The van der Waals surface area contributed by atoms with E-state index in [1.807, 2.05) is 0 Å². The van der Waals surface area contributed by atoms with Crippen LogP contribution in [0.2, 0.25) is 0 Å². The van der Waals surface area contributed by atoms with E-state index >= 15 is 0 Å². The van der Waals surface area contributed by atoms with Crippen LogP contribution in [0.5, 0.6) is 0 Å². The Hall–Kier alpha value is -1.67. The molecule has 0 saturated heterocycles. The molecule has 0 atom stereocenters. The summed E-state index contributed by atoms with van der Waals surface area (Å²) in [6.45, 7) is 1.36. The average molecular weight is 334 g/mol. The van der Waals surface area contributed by atoms with Crippen molar-refractivity contribution in [3.05, 3.63) is 33.4 Å². The van der Waals surface area contributed by atoms with E-state index in [1.54, 1.807) is 0 Å². The van der Waals surface area contributed by atoms with Crippen molar-refractivity contribution < 1.29 is 22.9 Å². The minimum Gasteiger partial charge on any atom is -0.459 e. The van der Waals surface area contributed by atoms with Crippen LogP contribution in [0.25, 0.3) is 0 Å². The molecule has 0 heterocycles. The summed E-state index contributed by atoms with van der Waals surface area (Å²) in [5.41, 5.74) is -0.643. The SMILES string of the molecule is Cc1c(C(=O)OC2CCC2)cc([N+](=O)[O-])cc1S(=O)(=O)Cl. The van der Waals surface area contributed by atoms with Crippen molar-refractivity contribution in [3.8, 4) is 0 Å². The van der Waals surface area contributed by atoms with Crippen LogP contribution in [0.3, 0.4) is 0 Å². The van der Waals surface area contributed by atoms with Gasteiger partial charge in [0.2, 0.25) is 0 Å². The third-order valence-corrected chi connectivity index (χ3v) is 4.81. The van der Waals surface area contributed by atoms with Crippen LogP contribution in [-0.2, 0) is 13.8 Å². The molecule has 0 radical (unpaired) electrons. The van der Waals surface area contributed by atoms with Gasteiger partial charge in [0.1, 0.15) is 6.10 Å². The highest BCUT2D eigenvalue weighted by atomic mass is 35.7. The zero-order valence-corrected chi connectivity index (χ0v) is 12.6. The highest BCUT2D eigenvalue weighted by Crippen LogP contribution is 2.30. The van der Waals surface area contributed by atoms with Crippen LogP contribution in [0.1, 0.15) is 35.2 Å². The Morgan fingerprint density at radius 1 is 1.43 bits per heavy atom. The molecule has 1 aromatic carbocycles. The third kappa shape index (κ3) is 3.33. The first kappa shape index (κ1) is 15.7. The summed E-state index contributed by atoms with van der Waals surface area (Å²) in [6, 6.07) is 1.83. The molecule has 114 valence electrons. The molecular weight excluding hydrogens is 322 g/mol. The number of benzene rings is 1. The number of ether oxygens (including phenoxy) is 1. The molecule has 1 aromatic rings. The number of carbonyl (C=O) groups is 1. The lowest BCUT2D eigenvalue weighted by Gasteiger charge is -2.25. The highest BCUT2D eigenvalue weighted by Gasteiger charge is 2.28. The number of halogens is 1. The van der Waals surface area contributed by atoms with Crippen LogP contribution in [0.15, 0.2) is 17.0 Å². The zero-order valence-electron chi connectivity index (χ0n) is 11.0. The van der Waals surface area contributed by atoms with Crippen LogP contribution in [0, 0.1) is 17.0 Å². The Morgan fingerprint density at radius 3 is 2.48 bits per heavy atom. The highest BCUT2D eigenvalue weighted by molar-refractivity contribution is 8.13. The quantitative estimate of drug-likeness (QED) is 0.363. The Bertz CT molecular complexity index is 711. The molecule has 9 heteroatoms. The third-order valence-electron chi connectivity index (χ3n) is 3.36. The summed E-state index contributed by atoms with van der Waals surface area (Å²) in [4.78, 5) is 21.7. The summed E-state index contributed by atoms with van der Waals surface area (Å²) in [7, 11) is 1.05. The maximum absolute atomic E-state index is 12.0. The molecule has 1 aliphatic carbocycles. The van der Waals surface area contributed by atoms with Gasteiger partial charge in [-0.1, -0.05) is 0 Å². The standard InChI is InChI=1S/C12H12ClNO6S/c1-7-10(12(15)20-9-3-2-4-9)5-8(14(16)17)6-11(7)21(13,18)19/h5-6,9H,2-4H2,1H3. The van der Waals surface area contributed by atoms with E-state index in [-0.39, 0.29) is 17.2 Å². The molecule has 21 heavy (non-hydrogen) atoms. The van der Waals surface area contributed by atoms with E-state index in [4.69, 9.17) is 15.4 Å². The number of carbonyl (C=O) groups excluding carboxylic acids is 1. The van der Waals surface area contributed by atoms with Crippen molar-refractivity contribution in [3.63, 3.8) is 0 Å². The minimum absolute atomic E-state index is 0.0416. The largest absolute Gasteiger partial charge is 0.459 e. The number of esters is 1. The van der Waals surface area contributed by atoms with Gasteiger partial charge in [-0.15, -0.1) is 0 Å². The number of nitro groups is 1. The van der Waals surface area contributed by atoms with Gasteiger partial charge in [-0.25, -0.2) is 13.2 Å². The van der Waals surface area contributed by atoms with Gasteiger partial charge in [-0.3, -0.25) is 10.1 Å². The van der Waals surface area contributed by atoms with Crippen LogP contribution in [0.4, 0.5) is 5.69 Å². The monoisotopic (exact) mass is 333 g/mol. The van der Waals surface area contributed by atoms with Gasteiger partial charge in [0, 0.05) is 22.8 Å². The summed E-state index contributed by atoms with van der Waals surface area (Å²) in [5, 5.41) is 10.9. The van der Waals surface area contributed by atoms with E-state index in [0.29, 0.717) is 0 Å². The normalized spacial score (nSPS) is 15.3. The van der Waals surface area contributed by atoms with Crippen molar-refractivity contribution in [1.82, 2.24) is 0 Å². The van der Waals surface area contributed by atoms with Gasteiger partial charge in [0.15, 0.2) is 0 Å². The molecular formula is C12H12ClNO6S. The fraction of sp³-hybridized carbons (Fsp3) is 0.417. The van der Waals surface area contributed by atoms with Gasteiger partial charge in [-0.05, 0) is 31.7 Å². The van der Waals surface area contributed by atoms with Crippen molar-refractivity contribution >= 4 is 31.4 Å². The van der Waals surface area contributed by atoms with E-state index in [2.05, 4.69) is 0 Å². The van der Waals surface area contributed by atoms with Crippen LogP contribution >= 0.6 is 10.7 Å². The van der Waals surface area contributed by atoms with E-state index in [1.165, 1.54) is 6.92 Å². The van der Waals surface area contributed by atoms with E-state index in [0.717, 1.165) is 31.4 Å². The fourth-order valence-corrected chi connectivity index (χ4v) is 3.17. The number of rotatable bonds is 4. The summed E-state index contributed by atoms with van der Waals surface area (Å²) < 4.78 is 28.1. The second-order valence-corrected chi connectivity index (χ2v) is 7.30. The van der Waals surface area contributed by atoms with Gasteiger partial charge < -0.3 is 4.74 Å². The number of hydrogen-bond acceptors (Lipinski definition) is 6. The molecule has 0 aliphatic heterocycles. The lowest BCUT2D eigenvalue weighted by Crippen LogP contribution is -2.25. The molecule has 0 aromatic heterocycles. The fourth-order valence-electron chi connectivity index (χ4n) is 1.95. The predicted octanol–water partition coefficient (Wildman–Crippen LogP) is 2.54. The molecule has 1 aliphatic rings. The number of non-ortho nitro benzene ring substituents is 1. The Labute approximate surface area is 125 Å². The average Bonchev–Trinajstić information content (AvgIpc) is 2.32. The molecule has 2 rings (SSSR count). The molecule has 1 fully saturated rings. The molecule has 1 saturated carbocycles.